The van der Waals surface area contributed by atoms with Crippen LogP contribution >= 0.6 is 23.1 Å². The smallest absolute Gasteiger partial charge is 0.350 e. The standard InChI is InChI=1S/C20H20N4O3S2/c1-4-27-19(26)18-13(3)21-20(29-18)22-16(25)11-28-17-10-9-15(23-24-17)14-8-6-5-7-12(14)2/h5-10H,4,11H2,1-3H3,(H,21,22,25). The number of benzene rings is 1. The number of hydrogen-bond acceptors (Lipinski definition) is 8. The van der Waals surface area contributed by atoms with Gasteiger partial charge in [-0.3, -0.25) is 4.79 Å². The predicted molar refractivity (Wildman–Crippen MR) is 114 cm³/mol. The fraction of sp³-hybridized carbons (Fsp3) is 0.250. The van der Waals surface area contributed by atoms with Gasteiger partial charge in [0.1, 0.15) is 9.90 Å². The molecule has 9 heteroatoms. The van der Waals surface area contributed by atoms with E-state index >= 15 is 0 Å². The number of rotatable bonds is 7. The Morgan fingerprint density at radius 2 is 1.93 bits per heavy atom. The van der Waals surface area contributed by atoms with Crippen molar-refractivity contribution < 1.29 is 14.3 Å². The molecule has 150 valence electrons. The second kappa shape index (κ2) is 9.62. The molecule has 2 heterocycles. The number of carbonyl (C=O) groups excluding carboxylic acids is 2. The van der Waals surface area contributed by atoms with Crippen molar-refractivity contribution in [3.05, 3.63) is 52.5 Å². The monoisotopic (exact) mass is 428 g/mol. The third-order valence-corrected chi connectivity index (χ3v) is 5.89. The summed E-state index contributed by atoms with van der Waals surface area (Å²) in [6.07, 6.45) is 0. The molecule has 0 atom stereocenters. The second-order valence-corrected chi connectivity index (χ2v) is 8.06. The number of esters is 1. The van der Waals surface area contributed by atoms with E-state index in [1.165, 1.54) is 11.8 Å². The van der Waals surface area contributed by atoms with Gasteiger partial charge in [-0.05, 0) is 38.5 Å². The number of carbonyl (C=O) groups is 2. The minimum absolute atomic E-state index is 0.158. The van der Waals surface area contributed by atoms with Crippen LogP contribution in [0.25, 0.3) is 11.3 Å². The molecule has 0 aliphatic carbocycles. The Kier molecular flexibility index (Phi) is 6.95. The van der Waals surface area contributed by atoms with E-state index in [1.807, 2.05) is 43.3 Å². The summed E-state index contributed by atoms with van der Waals surface area (Å²) in [6, 6.07) is 11.7. The van der Waals surface area contributed by atoms with Crippen LogP contribution in [-0.4, -0.2) is 39.4 Å². The van der Waals surface area contributed by atoms with Gasteiger partial charge in [0.25, 0.3) is 0 Å². The van der Waals surface area contributed by atoms with Crippen LogP contribution in [0, 0.1) is 13.8 Å². The van der Waals surface area contributed by atoms with Gasteiger partial charge in [0.2, 0.25) is 5.91 Å². The van der Waals surface area contributed by atoms with Gasteiger partial charge in [-0.2, -0.15) is 0 Å². The molecule has 3 aromatic rings. The highest BCUT2D eigenvalue weighted by molar-refractivity contribution is 7.99. The molecule has 1 N–H and O–H groups in total. The molecule has 1 aromatic carbocycles. The topological polar surface area (TPSA) is 94.1 Å². The minimum atomic E-state index is -0.429. The maximum Gasteiger partial charge on any atom is 0.350 e. The summed E-state index contributed by atoms with van der Waals surface area (Å²) in [5.41, 5.74) is 3.49. The van der Waals surface area contributed by atoms with Gasteiger partial charge in [0, 0.05) is 5.56 Å². The number of aryl methyl sites for hydroxylation is 2. The average Bonchev–Trinajstić information content (AvgIpc) is 3.07. The fourth-order valence-electron chi connectivity index (χ4n) is 2.53. The molecule has 1 amide bonds. The lowest BCUT2D eigenvalue weighted by Gasteiger charge is -2.05. The third kappa shape index (κ3) is 5.39. The molecule has 0 spiro atoms. The van der Waals surface area contributed by atoms with Crippen LogP contribution in [0.1, 0.15) is 27.9 Å². The highest BCUT2D eigenvalue weighted by Gasteiger charge is 2.17. The van der Waals surface area contributed by atoms with E-state index in [0.29, 0.717) is 20.7 Å². The first kappa shape index (κ1) is 20.9. The molecule has 29 heavy (non-hydrogen) atoms. The van der Waals surface area contributed by atoms with Crippen LogP contribution in [-0.2, 0) is 9.53 Å². The molecular formula is C20H20N4O3S2. The quantitative estimate of drug-likeness (QED) is 0.447. The summed E-state index contributed by atoms with van der Waals surface area (Å²) in [7, 11) is 0. The van der Waals surface area contributed by atoms with Crippen molar-refractivity contribution in [2.45, 2.75) is 25.8 Å². The molecule has 0 unspecified atom stereocenters. The third-order valence-electron chi connectivity index (χ3n) is 3.92. The zero-order chi connectivity index (χ0) is 20.8. The van der Waals surface area contributed by atoms with E-state index < -0.39 is 5.97 Å². The normalized spacial score (nSPS) is 10.6. The average molecular weight is 429 g/mol. The number of hydrogen-bond donors (Lipinski definition) is 1. The van der Waals surface area contributed by atoms with Crippen molar-refractivity contribution in [3.8, 4) is 11.3 Å². The molecule has 0 radical (unpaired) electrons. The largest absolute Gasteiger partial charge is 0.462 e. The molecule has 0 saturated carbocycles. The lowest BCUT2D eigenvalue weighted by atomic mass is 10.1. The van der Waals surface area contributed by atoms with Crippen molar-refractivity contribution in [2.24, 2.45) is 0 Å². The highest BCUT2D eigenvalue weighted by atomic mass is 32.2. The van der Waals surface area contributed by atoms with Crippen molar-refractivity contribution in [3.63, 3.8) is 0 Å². The van der Waals surface area contributed by atoms with E-state index in [-0.39, 0.29) is 18.3 Å². The second-order valence-electron chi connectivity index (χ2n) is 6.06. The Balaban J connectivity index is 1.56. The number of anilines is 1. The maximum absolute atomic E-state index is 12.2. The molecular weight excluding hydrogens is 408 g/mol. The zero-order valence-corrected chi connectivity index (χ0v) is 17.9. The van der Waals surface area contributed by atoms with Crippen molar-refractivity contribution in [1.82, 2.24) is 15.2 Å². The van der Waals surface area contributed by atoms with E-state index in [2.05, 4.69) is 20.5 Å². The summed E-state index contributed by atoms with van der Waals surface area (Å²) in [4.78, 5) is 28.7. The van der Waals surface area contributed by atoms with Crippen LogP contribution in [0.2, 0.25) is 0 Å². The van der Waals surface area contributed by atoms with Gasteiger partial charge in [-0.25, -0.2) is 9.78 Å². The highest BCUT2D eigenvalue weighted by Crippen LogP contribution is 2.25. The summed E-state index contributed by atoms with van der Waals surface area (Å²) in [5.74, 6) is -0.503. The van der Waals surface area contributed by atoms with E-state index in [1.54, 1.807) is 13.8 Å². The van der Waals surface area contributed by atoms with Crippen LogP contribution < -0.4 is 5.32 Å². The van der Waals surface area contributed by atoms with Gasteiger partial charge in [-0.1, -0.05) is 47.4 Å². The Labute approximate surface area is 176 Å². The molecule has 7 nitrogen and oxygen atoms in total. The minimum Gasteiger partial charge on any atom is -0.462 e. The Morgan fingerprint density at radius 1 is 1.14 bits per heavy atom. The van der Waals surface area contributed by atoms with E-state index in [4.69, 9.17) is 4.74 Å². The lowest BCUT2D eigenvalue weighted by Crippen LogP contribution is -2.14. The van der Waals surface area contributed by atoms with Crippen LogP contribution in [0.4, 0.5) is 5.13 Å². The van der Waals surface area contributed by atoms with Crippen molar-refractivity contribution in [2.75, 3.05) is 17.7 Å². The first-order chi connectivity index (χ1) is 14.0. The molecule has 0 fully saturated rings. The Hall–Kier alpha value is -2.78. The predicted octanol–water partition coefficient (Wildman–Crippen LogP) is 4.12. The van der Waals surface area contributed by atoms with Crippen molar-refractivity contribution >= 4 is 40.1 Å². The van der Waals surface area contributed by atoms with E-state index in [0.717, 1.165) is 28.2 Å². The molecule has 2 aromatic heterocycles. The lowest BCUT2D eigenvalue weighted by molar-refractivity contribution is -0.113. The molecule has 0 aliphatic heterocycles. The number of ether oxygens (including phenoxy) is 1. The zero-order valence-electron chi connectivity index (χ0n) is 16.3. The van der Waals surface area contributed by atoms with Crippen molar-refractivity contribution in [1.29, 1.82) is 0 Å². The van der Waals surface area contributed by atoms with Crippen LogP contribution in [0.5, 0.6) is 0 Å². The first-order valence-electron chi connectivity index (χ1n) is 8.95. The summed E-state index contributed by atoms with van der Waals surface area (Å²) < 4.78 is 4.98. The summed E-state index contributed by atoms with van der Waals surface area (Å²) in [5, 5.41) is 12.2. The molecule has 0 aliphatic rings. The number of nitrogens with zero attached hydrogens (tertiary/aromatic N) is 3. The number of nitrogens with one attached hydrogen (secondary N) is 1. The summed E-state index contributed by atoms with van der Waals surface area (Å²) >= 11 is 2.38. The van der Waals surface area contributed by atoms with Crippen LogP contribution in [0.15, 0.2) is 41.4 Å². The van der Waals surface area contributed by atoms with Gasteiger partial charge in [0.15, 0.2) is 5.13 Å². The van der Waals surface area contributed by atoms with Gasteiger partial charge >= 0.3 is 5.97 Å². The molecule has 0 saturated heterocycles. The maximum atomic E-state index is 12.2. The van der Waals surface area contributed by atoms with Gasteiger partial charge < -0.3 is 10.1 Å². The SMILES string of the molecule is CCOC(=O)c1sc(NC(=O)CSc2ccc(-c3ccccc3C)nn2)nc1C. The van der Waals surface area contributed by atoms with Gasteiger partial charge in [0.05, 0.1) is 23.7 Å². The molecule has 0 bridgehead atoms. The number of amides is 1. The molecule has 3 rings (SSSR count). The Bertz CT molecular complexity index is 1020. The number of thiazole rings is 1. The summed E-state index contributed by atoms with van der Waals surface area (Å²) in [6.45, 7) is 5.76. The van der Waals surface area contributed by atoms with E-state index in [9.17, 15) is 9.59 Å². The first-order valence-corrected chi connectivity index (χ1v) is 10.7. The Morgan fingerprint density at radius 3 is 2.62 bits per heavy atom. The van der Waals surface area contributed by atoms with Gasteiger partial charge in [-0.15, -0.1) is 10.2 Å². The fourth-order valence-corrected chi connectivity index (χ4v) is 4.02. The van der Waals surface area contributed by atoms with Crippen LogP contribution in [0.3, 0.4) is 0 Å². The number of aromatic nitrogens is 3. The number of thioether (sulfide) groups is 1.